The SMILES string of the molecule is CC(C)Oc1ccc(-c2cc(C(=O)NCc3cccnc3N3CCOCC3)cnn2)cc1F. The molecule has 8 nitrogen and oxygen atoms in total. The predicted molar refractivity (Wildman–Crippen MR) is 122 cm³/mol. The van der Waals surface area contributed by atoms with Crippen molar-refractivity contribution in [2.45, 2.75) is 26.5 Å². The number of amides is 1. The molecular formula is C24H26FN5O3. The van der Waals surface area contributed by atoms with Gasteiger partial charge < -0.3 is 19.7 Å². The van der Waals surface area contributed by atoms with Crippen LogP contribution in [0.4, 0.5) is 10.2 Å². The summed E-state index contributed by atoms with van der Waals surface area (Å²) in [5.41, 5.74) is 2.15. The summed E-state index contributed by atoms with van der Waals surface area (Å²) in [7, 11) is 0. The minimum Gasteiger partial charge on any atom is -0.488 e. The molecule has 0 unspecified atom stereocenters. The van der Waals surface area contributed by atoms with E-state index in [1.807, 2.05) is 26.0 Å². The molecule has 1 aliphatic heterocycles. The number of hydrogen-bond acceptors (Lipinski definition) is 7. The lowest BCUT2D eigenvalue weighted by Gasteiger charge is -2.29. The lowest BCUT2D eigenvalue weighted by Crippen LogP contribution is -2.37. The Bertz CT molecular complexity index is 1120. The molecule has 4 rings (SSSR count). The van der Waals surface area contributed by atoms with Crippen LogP contribution in [0.2, 0.25) is 0 Å². The van der Waals surface area contributed by atoms with E-state index in [0.29, 0.717) is 36.6 Å². The minimum atomic E-state index is -0.495. The Morgan fingerprint density at radius 3 is 2.82 bits per heavy atom. The van der Waals surface area contributed by atoms with Crippen molar-refractivity contribution in [1.82, 2.24) is 20.5 Å². The molecule has 1 N–H and O–H groups in total. The normalized spacial score (nSPS) is 13.8. The standard InChI is InChI=1S/C24H26FN5O3/c1-16(2)33-22-6-5-17(12-20(22)25)21-13-19(15-28-29-21)24(31)27-14-18-4-3-7-26-23(18)30-8-10-32-11-9-30/h3-7,12-13,15-16H,8-11,14H2,1-2H3,(H,27,31). The van der Waals surface area contributed by atoms with Gasteiger partial charge in [0.2, 0.25) is 0 Å². The van der Waals surface area contributed by atoms with Crippen molar-refractivity contribution in [1.29, 1.82) is 0 Å². The summed E-state index contributed by atoms with van der Waals surface area (Å²) in [6.07, 6.45) is 2.99. The van der Waals surface area contributed by atoms with Gasteiger partial charge in [-0.1, -0.05) is 6.07 Å². The van der Waals surface area contributed by atoms with E-state index in [1.165, 1.54) is 12.3 Å². The first-order valence-electron chi connectivity index (χ1n) is 10.9. The van der Waals surface area contributed by atoms with Gasteiger partial charge in [-0.05, 0) is 44.2 Å². The van der Waals surface area contributed by atoms with Gasteiger partial charge in [0.15, 0.2) is 11.6 Å². The third-order valence-electron chi connectivity index (χ3n) is 5.12. The highest BCUT2D eigenvalue weighted by molar-refractivity contribution is 5.94. The molecule has 3 heterocycles. The first-order valence-corrected chi connectivity index (χ1v) is 10.9. The van der Waals surface area contributed by atoms with Gasteiger partial charge in [-0.3, -0.25) is 4.79 Å². The maximum atomic E-state index is 14.4. The zero-order valence-electron chi connectivity index (χ0n) is 18.6. The monoisotopic (exact) mass is 451 g/mol. The van der Waals surface area contributed by atoms with Crippen molar-refractivity contribution in [3.8, 4) is 17.0 Å². The number of pyridine rings is 1. The first kappa shape index (κ1) is 22.6. The average molecular weight is 452 g/mol. The summed E-state index contributed by atoms with van der Waals surface area (Å²) in [5, 5.41) is 10.9. The first-order chi connectivity index (χ1) is 16.0. The number of morpholine rings is 1. The molecule has 0 bridgehead atoms. The van der Waals surface area contributed by atoms with E-state index >= 15 is 0 Å². The Hall–Kier alpha value is -3.59. The van der Waals surface area contributed by atoms with Crippen molar-refractivity contribution in [3.63, 3.8) is 0 Å². The van der Waals surface area contributed by atoms with Gasteiger partial charge in [-0.2, -0.15) is 10.2 Å². The molecule has 1 fully saturated rings. The quantitative estimate of drug-likeness (QED) is 0.590. The largest absolute Gasteiger partial charge is 0.488 e. The van der Waals surface area contributed by atoms with Crippen LogP contribution in [0, 0.1) is 5.82 Å². The van der Waals surface area contributed by atoms with Crippen molar-refractivity contribution >= 4 is 11.7 Å². The van der Waals surface area contributed by atoms with Crippen LogP contribution in [-0.4, -0.2) is 53.5 Å². The molecule has 2 aromatic heterocycles. The fourth-order valence-corrected chi connectivity index (χ4v) is 3.55. The minimum absolute atomic E-state index is 0.138. The number of hydrogen-bond donors (Lipinski definition) is 1. The van der Waals surface area contributed by atoms with Crippen molar-refractivity contribution < 1.29 is 18.7 Å². The summed E-state index contributed by atoms with van der Waals surface area (Å²) in [4.78, 5) is 19.4. The molecule has 1 aromatic carbocycles. The number of nitrogens with zero attached hydrogens (tertiary/aromatic N) is 4. The van der Waals surface area contributed by atoms with Crippen molar-refractivity contribution in [2.75, 3.05) is 31.2 Å². The van der Waals surface area contributed by atoms with Crippen LogP contribution in [0.25, 0.3) is 11.3 Å². The molecule has 0 radical (unpaired) electrons. The second-order valence-corrected chi connectivity index (χ2v) is 7.91. The molecule has 1 amide bonds. The van der Waals surface area contributed by atoms with E-state index in [4.69, 9.17) is 9.47 Å². The molecule has 9 heteroatoms. The molecule has 0 atom stereocenters. The van der Waals surface area contributed by atoms with Crippen LogP contribution in [0.5, 0.6) is 5.75 Å². The Morgan fingerprint density at radius 2 is 2.06 bits per heavy atom. The second kappa shape index (κ2) is 10.4. The van der Waals surface area contributed by atoms with Gasteiger partial charge in [0.05, 0.1) is 36.8 Å². The zero-order chi connectivity index (χ0) is 23.2. The number of rotatable bonds is 7. The van der Waals surface area contributed by atoms with Crippen LogP contribution in [0.15, 0.2) is 48.8 Å². The van der Waals surface area contributed by atoms with E-state index in [1.54, 1.807) is 24.4 Å². The van der Waals surface area contributed by atoms with Crippen LogP contribution >= 0.6 is 0 Å². The van der Waals surface area contributed by atoms with Crippen LogP contribution < -0.4 is 15.0 Å². The van der Waals surface area contributed by atoms with Crippen molar-refractivity contribution in [2.24, 2.45) is 0 Å². The van der Waals surface area contributed by atoms with E-state index < -0.39 is 5.82 Å². The van der Waals surface area contributed by atoms with Crippen molar-refractivity contribution in [3.05, 3.63) is 65.7 Å². The maximum absolute atomic E-state index is 14.4. The Labute approximate surface area is 191 Å². The lowest BCUT2D eigenvalue weighted by atomic mass is 10.1. The summed E-state index contributed by atoms with van der Waals surface area (Å²) >= 11 is 0. The Balaban J connectivity index is 1.46. The maximum Gasteiger partial charge on any atom is 0.253 e. The fourth-order valence-electron chi connectivity index (χ4n) is 3.55. The number of carbonyl (C=O) groups is 1. The summed E-state index contributed by atoms with van der Waals surface area (Å²) < 4.78 is 25.2. The molecule has 33 heavy (non-hydrogen) atoms. The van der Waals surface area contributed by atoms with Crippen LogP contribution in [-0.2, 0) is 11.3 Å². The van der Waals surface area contributed by atoms with Gasteiger partial charge in [0.25, 0.3) is 5.91 Å². The van der Waals surface area contributed by atoms with E-state index in [-0.39, 0.29) is 17.8 Å². The molecule has 1 aliphatic rings. The lowest BCUT2D eigenvalue weighted by molar-refractivity contribution is 0.0950. The van der Waals surface area contributed by atoms with Crippen LogP contribution in [0.3, 0.4) is 0 Å². The van der Waals surface area contributed by atoms with Crippen LogP contribution in [0.1, 0.15) is 29.8 Å². The van der Waals surface area contributed by atoms with Gasteiger partial charge >= 0.3 is 0 Å². The predicted octanol–water partition coefficient (Wildman–Crippen LogP) is 3.23. The number of aromatic nitrogens is 3. The number of halogens is 1. The van der Waals surface area contributed by atoms with Gasteiger partial charge in [-0.15, -0.1) is 0 Å². The Morgan fingerprint density at radius 1 is 1.24 bits per heavy atom. The number of carbonyl (C=O) groups excluding carboxylic acids is 1. The molecule has 0 spiro atoms. The molecule has 0 aliphatic carbocycles. The number of nitrogens with one attached hydrogen (secondary N) is 1. The second-order valence-electron chi connectivity index (χ2n) is 7.91. The summed E-state index contributed by atoms with van der Waals surface area (Å²) in [6.45, 7) is 6.79. The average Bonchev–Trinajstić information content (AvgIpc) is 2.84. The third kappa shape index (κ3) is 5.61. The van der Waals surface area contributed by atoms with Gasteiger partial charge in [0.1, 0.15) is 5.82 Å². The van der Waals surface area contributed by atoms with Gasteiger partial charge in [-0.25, -0.2) is 9.37 Å². The number of benzene rings is 1. The van der Waals surface area contributed by atoms with E-state index in [0.717, 1.165) is 24.5 Å². The number of anilines is 1. The topological polar surface area (TPSA) is 89.5 Å². The van der Waals surface area contributed by atoms with Gasteiger partial charge in [0, 0.05) is 37.0 Å². The molecule has 1 saturated heterocycles. The Kier molecular flexibility index (Phi) is 7.09. The molecular weight excluding hydrogens is 425 g/mol. The number of ether oxygens (including phenoxy) is 2. The smallest absolute Gasteiger partial charge is 0.253 e. The fraction of sp³-hybridized carbons (Fsp3) is 0.333. The highest BCUT2D eigenvalue weighted by Crippen LogP contribution is 2.25. The summed E-state index contributed by atoms with van der Waals surface area (Å²) in [5.74, 6) is 0.213. The van der Waals surface area contributed by atoms with E-state index in [9.17, 15) is 9.18 Å². The zero-order valence-corrected chi connectivity index (χ0v) is 18.6. The van der Waals surface area contributed by atoms with E-state index in [2.05, 4.69) is 25.4 Å². The highest BCUT2D eigenvalue weighted by Gasteiger charge is 2.17. The summed E-state index contributed by atoms with van der Waals surface area (Å²) in [6, 6.07) is 9.95. The molecule has 3 aromatic rings. The third-order valence-corrected chi connectivity index (χ3v) is 5.12. The molecule has 0 saturated carbocycles. The molecule has 172 valence electrons. The highest BCUT2D eigenvalue weighted by atomic mass is 19.1.